The molecule has 10 nitrogen and oxygen atoms in total. The molecule has 0 aliphatic heterocycles. The van der Waals surface area contributed by atoms with Crippen molar-refractivity contribution in [3.8, 4) is 45.8 Å². The summed E-state index contributed by atoms with van der Waals surface area (Å²) in [5.41, 5.74) is 0.132. The van der Waals surface area contributed by atoms with Crippen LogP contribution in [-0.2, 0) is 4.79 Å². The fourth-order valence-corrected chi connectivity index (χ4v) is 4.53. The van der Waals surface area contributed by atoms with Crippen LogP contribution in [0.1, 0.15) is 25.7 Å². The van der Waals surface area contributed by atoms with E-state index in [0.29, 0.717) is 28.6 Å². The normalized spacial score (nSPS) is 13.3. The molecule has 0 saturated heterocycles. The van der Waals surface area contributed by atoms with Crippen LogP contribution in [0.5, 0.6) is 34.5 Å². The van der Waals surface area contributed by atoms with Gasteiger partial charge in [-0.3, -0.25) is 9.59 Å². The molecule has 1 amide bonds. The Bertz CT molecular complexity index is 1320. The lowest BCUT2D eigenvalue weighted by Crippen LogP contribution is -2.36. The summed E-state index contributed by atoms with van der Waals surface area (Å²) in [5, 5.41) is 3.12. The van der Waals surface area contributed by atoms with Gasteiger partial charge in [-0.05, 0) is 25.0 Å². The molecule has 0 unspecified atom stereocenters. The van der Waals surface area contributed by atoms with E-state index in [2.05, 4.69) is 5.32 Å². The average molecular weight is 514 g/mol. The lowest BCUT2D eigenvalue weighted by molar-refractivity contribution is -0.123. The van der Waals surface area contributed by atoms with Crippen molar-refractivity contribution in [1.29, 1.82) is 0 Å². The molecule has 0 spiro atoms. The summed E-state index contributed by atoms with van der Waals surface area (Å²) in [4.78, 5) is 26.4. The monoisotopic (exact) mass is 513 g/mol. The summed E-state index contributed by atoms with van der Waals surface area (Å²) in [6.07, 6.45) is 4.02. The SMILES string of the molecule is COc1cc(OC)c2c(=O)c(OCC(=O)NC3CCCC3)c(-c3cc(OC)c(OC)c(OC)c3)oc2c1. The highest BCUT2D eigenvalue weighted by atomic mass is 16.5. The van der Waals surface area contributed by atoms with Gasteiger partial charge in [-0.15, -0.1) is 0 Å². The van der Waals surface area contributed by atoms with Crippen LogP contribution >= 0.6 is 0 Å². The van der Waals surface area contributed by atoms with Gasteiger partial charge in [0.1, 0.15) is 22.5 Å². The zero-order valence-electron chi connectivity index (χ0n) is 21.6. The Kier molecular flexibility index (Phi) is 7.95. The smallest absolute Gasteiger partial charge is 0.258 e. The summed E-state index contributed by atoms with van der Waals surface area (Å²) in [5.74, 6) is 1.39. The quantitative estimate of drug-likeness (QED) is 0.430. The number of hydrogen-bond donors (Lipinski definition) is 1. The van der Waals surface area contributed by atoms with Crippen molar-refractivity contribution in [2.24, 2.45) is 0 Å². The molecule has 2 aromatic carbocycles. The molecule has 1 heterocycles. The second-order valence-corrected chi connectivity index (χ2v) is 8.54. The van der Waals surface area contributed by atoms with Gasteiger partial charge in [0.15, 0.2) is 23.9 Å². The minimum Gasteiger partial charge on any atom is -0.496 e. The molecule has 4 rings (SSSR count). The molecule has 1 aliphatic carbocycles. The van der Waals surface area contributed by atoms with Crippen molar-refractivity contribution in [3.63, 3.8) is 0 Å². The third-order valence-electron chi connectivity index (χ3n) is 6.34. The van der Waals surface area contributed by atoms with Gasteiger partial charge in [0.25, 0.3) is 5.91 Å². The molecular formula is C27H31NO9. The Hall–Kier alpha value is -4.08. The van der Waals surface area contributed by atoms with Crippen molar-refractivity contribution < 1.29 is 37.6 Å². The fraction of sp³-hybridized carbons (Fsp3) is 0.407. The number of amides is 1. The lowest BCUT2D eigenvalue weighted by atomic mass is 10.1. The van der Waals surface area contributed by atoms with Gasteiger partial charge in [-0.2, -0.15) is 0 Å². The van der Waals surface area contributed by atoms with Crippen molar-refractivity contribution in [1.82, 2.24) is 5.32 Å². The van der Waals surface area contributed by atoms with Gasteiger partial charge < -0.3 is 38.2 Å². The number of fused-ring (bicyclic) bond motifs is 1. The summed E-state index contributed by atoms with van der Waals surface area (Å²) >= 11 is 0. The first-order chi connectivity index (χ1) is 17.9. The highest BCUT2D eigenvalue weighted by Crippen LogP contribution is 2.44. The molecule has 3 aromatic rings. The van der Waals surface area contributed by atoms with Crippen molar-refractivity contribution in [3.05, 3.63) is 34.5 Å². The number of rotatable bonds is 10. The van der Waals surface area contributed by atoms with E-state index in [1.165, 1.54) is 35.5 Å². The van der Waals surface area contributed by atoms with Crippen LogP contribution in [0.25, 0.3) is 22.3 Å². The summed E-state index contributed by atoms with van der Waals surface area (Å²) in [6.45, 7) is -0.358. The van der Waals surface area contributed by atoms with E-state index in [1.54, 1.807) is 24.3 Å². The molecule has 37 heavy (non-hydrogen) atoms. The molecular weight excluding hydrogens is 482 g/mol. The number of carbonyl (C=O) groups excluding carboxylic acids is 1. The number of hydrogen-bond acceptors (Lipinski definition) is 9. The number of methoxy groups -OCH3 is 5. The molecule has 1 aliphatic rings. The van der Waals surface area contributed by atoms with Gasteiger partial charge in [0.05, 0.1) is 35.5 Å². The largest absolute Gasteiger partial charge is 0.496 e. The summed E-state index contributed by atoms with van der Waals surface area (Å²) in [7, 11) is 7.40. The standard InChI is InChI=1S/C27H31NO9/c1-31-17-12-18(32-2)23-19(13-17)37-25(15-10-20(33-3)26(35-5)21(11-15)34-4)27(24(23)30)36-14-22(29)28-16-8-6-7-9-16/h10-13,16H,6-9,14H2,1-5H3,(H,28,29). The van der Waals surface area contributed by atoms with Crippen molar-refractivity contribution in [2.45, 2.75) is 31.7 Å². The second-order valence-electron chi connectivity index (χ2n) is 8.54. The maximum absolute atomic E-state index is 13.8. The third kappa shape index (κ3) is 5.23. The Morgan fingerprint density at radius 3 is 2.08 bits per heavy atom. The third-order valence-corrected chi connectivity index (χ3v) is 6.34. The van der Waals surface area contributed by atoms with Crippen molar-refractivity contribution >= 4 is 16.9 Å². The van der Waals surface area contributed by atoms with Crippen LogP contribution in [0.2, 0.25) is 0 Å². The van der Waals surface area contributed by atoms with E-state index in [-0.39, 0.29) is 46.8 Å². The zero-order chi connectivity index (χ0) is 26.5. The minimum atomic E-state index is -0.502. The van der Waals surface area contributed by atoms with E-state index in [0.717, 1.165) is 25.7 Å². The lowest BCUT2D eigenvalue weighted by Gasteiger charge is -2.17. The average Bonchev–Trinajstić information content (AvgIpc) is 3.43. The maximum Gasteiger partial charge on any atom is 0.258 e. The van der Waals surface area contributed by atoms with E-state index in [9.17, 15) is 9.59 Å². The van der Waals surface area contributed by atoms with Crippen LogP contribution < -0.4 is 39.2 Å². The first kappa shape index (κ1) is 26.0. The van der Waals surface area contributed by atoms with Crippen LogP contribution in [-0.4, -0.2) is 54.1 Å². The zero-order valence-corrected chi connectivity index (χ0v) is 21.6. The van der Waals surface area contributed by atoms with Gasteiger partial charge in [-0.1, -0.05) is 12.8 Å². The number of carbonyl (C=O) groups is 1. The Morgan fingerprint density at radius 1 is 0.865 bits per heavy atom. The fourth-order valence-electron chi connectivity index (χ4n) is 4.53. The molecule has 198 valence electrons. The molecule has 1 N–H and O–H groups in total. The molecule has 0 radical (unpaired) electrons. The minimum absolute atomic E-state index is 0.0840. The van der Waals surface area contributed by atoms with Crippen LogP contribution in [0.15, 0.2) is 33.5 Å². The maximum atomic E-state index is 13.8. The van der Waals surface area contributed by atoms with Gasteiger partial charge in [0.2, 0.25) is 16.9 Å². The van der Waals surface area contributed by atoms with E-state index in [4.69, 9.17) is 32.8 Å². The van der Waals surface area contributed by atoms with Crippen LogP contribution in [0.4, 0.5) is 0 Å². The summed E-state index contributed by atoms with van der Waals surface area (Å²) in [6, 6.07) is 6.54. The molecule has 1 aromatic heterocycles. The highest BCUT2D eigenvalue weighted by molar-refractivity contribution is 5.89. The number of ether oxygens (including phenoxy) is 6. The topological polar surface area (TPSA) is 115 Å². The first-order valence-electron chi connectivity index (χ1n) is 11.9. The molecule has 0 bridgehead atoms. The van der Waals surface area contributed by atoms with Gasteiger partial charge in [-0.25, -0.2) is 0 Å². The van der Waals surface area contributed by atoms with Crippen molar-refractivity contribution in [2.75, 3.05) is 42.2 Å². The molecule has 1 saturated carbocycles. The Balaban J connectivity index is 1.87. The molecule has 1 fully saturated rings. The Labute approximate surface area is 214 Å². The summed E-state index contributed by atoms with van der Waals surface area (Å²) < 4.78 is 39.2. The molecule has 0 atom stereocenters. The van der Waals surface area contributed by atoms with E-state index >= 15 is 0 Å². The van der Waals surface area contributed by atoms with Crippen LogP contribution in [0, 0.1) is 0 Å². The highest BCUT2D eigenvalue weighted by Gasteiger charge is 2.25. The Morgan fingerprint density at radius 2 is 1.51 bits per heavy atom. The first-order valence-corrected chi connectivity index (χ1v) is 11.9. The van der Waals surface area contributed by atoms with E-state index in [1.807, 2.05) is 0 Å². The van der Waals surface area contributed by atoms with Crippen LogP contribution in [0.3, 0.4) is 0 Å². The predicted molar refractivity (Wildman–Crippen MR) is 137 cm³/mol. The second kappa shape index (κ2) is 11.3. The van der Waals surface area contributed by atoms with Gasteiger partial charge in [0, 0.05) is 23.7 Å². The number of nitrogens with one attached hydrogen (secondary N) is 1. The van der Waals surface area contributed by atoms with E-state index < -0.39 is 5.43 Å². The molecule has 10 heteroatoms. The number of benzene rings is 2. The predicted octanol–water partition coefficient (Wildman–Crippen LogP) is 3.94. The van der Waals surface area contributed by atoms with Gasteiger partial charge >= 0.3 is 0 Å².